The number of hydrogen-bond acceptors (Lipinski definition) is 3. The van der Waals surface area contributed by atoms with Crippen LogP contribution in [-0.2, 0) is 24.2 Å². The van der Waals surface area contributed by atoms with Gasteiger partial charge in [0, 0.05) is 6.54 Å². The van der Waals surface area contributed by atoms with Gasteiger partial charge in [-0.2, -0.15) is 0 Å². The number of carbonyl (C=O) groups excluding carboxylic acids is 1. The highest BCUT2D eigenvalue weighted by atomic mass is 16.5. The second-order valence-corrected chi connectivity index (χ2v) is 7.43. The molecule has 1 aliphatic rings. The third-order valence-corrected chi connectivity index (χ3v) is 4.74. The molecule has 4 heteroatoms. The zero-order valence-corrected chi connectivity index (χ0v) is 16.5. The van der Waals surface area contributed by atoms with Gasteiger partial charge in [0.2, 0.25) is 0 Å². The fraction of sp³-hybridized carbons (Fsp3) is 0.435. The van der Waals surface area contributed by atoms with Crippen LogP contribution in [0.4, 0.5) is 0 Å². The summed E-state index contributed by atoms with van der Waals surface area (Å²) < 4.78 is 11.6. The molecule has 1 aliphatic carbocycles. The average molecular weight is 367 g/mol. The Bertz CT molecular complexity index is 785. The molecule has 0 saturated heterocycles. The Balaban J connectivity index is 1.53. The van der Waals surface area contributed by atoms with Gasteiger partial charge >= 0.3 is 0 Å². The lowest BCUT2D eigenvalue weighted by molar-refractivity contribution is -0.127. The highest BCUT2D eigenvalue weighted by molar-refractivity contribution is 5.80. The smallest absolute Gasteiger partial charge is 0.261 e. The summed E-state index contributed by atoms with van der Waals surface area (Å²) in [5, 5.41) is 2.94. The fourth-order valence-electron chi connectivity index (χ4n) is 3.37. The maximum absolute atomic E-state index is 12.4. The van der Waals surface area contributed by atoms with E-state index in [9.17, 15) is 4.79 Å². The normalized spacial score (nSPS) is 14.4. The number of hydrogen-bond donors (Lipinski definition) is 1. The molecule has 3 rings (SSSR count). The number of nitrogens with one attached hydrogen (secondary N) is 1. The van der Waals surface area contributed by atoms with Gasteiger partial charge in [-0.15, -0.1) is 0 Å². The molecular formula is C23H29NO3. The van der Waals surface area contributed by atoms with Crippen LogP contribution in [0.2, 0.25) is 0 Å². The van der Waals surface area contributed by atoms with Gasteiger partial charge in [0.25, 0.3) is 5.91 Å². The van der Waals surface area contributed by atoms with Crippen molar-refractivity contribution >= 4 is 5.91 Å². The Hall–Kier alpha value is -2.49. The summed E-state index contributed by atoms with van der Waals surface area (Å²) in [4.78, 5) is 12.4. The highest BCUT2D eigenvalue weighted by Crippen LogP contribution is 2.26. The summed E-state index contributed by atoms with van der Waals surface area (Å²) in [6.07, 6.45) is 4.32. The SMILES string of the molecule is CC(C)Oc1cccc(CNC(=O)[C@H](C)Oc2ccc3c(c2)CCCC3)c1. The Morgan fingerprint density at radius 2 is 1.70 bits per heavy atom. The molecule has 144 valence electrons. The van der Waals surface area contributed by atoms with Crippen LogP contribution in [-0.4, -0.2) is 18.1 Å². The third-order valence-electron chi connectivity index (χ3n) is 4.74. The lowest BCUT2D eigenvalue weighted by atomic mass is 9.92. The first-order valence-electron chi connectivity index (χ1n) is 9.83. The summed E-state index contributed by atoms with van der Waals surface area (Å²) in [6.45, 7) is 6.22. The van der Waals surface area contributed by atoms with E-state index in [1.807, 2.05) is 44.2 Å². The first kappa shape index (κ1) is 19.3. The Labute approximate surface area is 161 Å². The Morgan fingerprint density at radius 1 is 0.963 bits per heavy atom. The second kappa shape index (κ2) is 8.94. The van der Waals surface area contributed by atoms with Crippen molar-refractivity contribution in [2.45, 2.75) is 65.2 Å². The molecule has 0 fully saturated rings. The minimum absolute atomic E-state index is 0.122. The summed E-state index contributed by atoms with van der Waals surface area (Å²) in [5.74, 6) is 1.46. The summed E-state index contributed by atoms with van der Waals surface area (Å²) in [7, 11) is 0. The molecule has 2 aromatic carbocycles. The minimum Gasteiger partial charge on any atom is -0.491 e. The van der Waals surface area contributed by atoms with Crippen LogP contribution in [0.1, 0.15) is 50.3 Å². The van der Waals surface area contributed by atoms with Gasteiger partial charge in [-0.05, 0) is 87.4 Å². The van der Waals surface area contributed by atoms with Crippen LogP contribution >= 0.6 is 0 Å². The molecule has 0 unspecified atom stereocenters. The van der Waals surface area contributed by atoms with Gasteiger partial charge in [0.15, 0.2) is 6.10 Å². The van der Waals surface area contributed by atoms with Crippen molar-refractivity contribution < 1.29 is 14.3 Å². The molecule has 1 atom stereocenters. The zero-order chi connectivity index (χ0) is 19.2. The standard InChI is InChI=1S/C23H29NO3/c1-16(2)26-21-10-6-7-18(13-21)15-24-23(25)17(3)27-22-12-11-19-8-4-5-9-20(19)14-22/h6-7,10-14,16-17H,4-5,8-9,15H2,1-3H3,(H,24,25)/t17-/m0/s1. The van der Waals surface area contributed by atoms with Crippen LogP contribution < -0.4 is 14.8 Å². The van der Waals surface area contributed by atoms with Crippen LogP contribution in [0.25, 0.3) is 0 Å². The molecular weight excluding hydrogens is 338 g/mol. The van der Waals surface area contributed by atoms with E-state index < -0.39 is 6.10 Å². The number of benzene rings is 2. The largest absolute Gasteiger partial charge is 0.491 e. The van der Waals surface area contributed by atoms with Gasteiger partial charge in [-0.25, -0.2) is 0 Å². The van der Waals surface area contributed by atoms with E-state index in [4.69, 9.17) is 9.47 Å². The van der Waals surface area contributed by atoms with Crippen LogP contribution in [0.5, 0.6) is 11.5 Å². The van der Waals surface area contributed by atoms with E-state index >= 15 is 0 Å². The van der Waals surface area contributed by atoms with Crippen molar-refractivity contribution in [2.75, 3.05) is 0 Å². The quantitative estimate of drug-likeness (QED) is 0.787. The van der Waals surface area contributed by atoms with Gasteiger partial charge < -0.3 is 14.8 Å². The molecule has 0 radical (unpaired) electrons. The molecule has 1 N–H and O–H groups in total. The average Bonchev–Trinajstić information content (AvgIpc) is 2.65. The molecule has 27 heavy (non-hydrogen) atoms. The second-order valence-electron chi connectivity index (χ2n) is 7.43. The predicted octanol–water partition coefficient (Wildman–Crippen LogP) is 4.44. The fourth-order valence-corrected chi connectivity index (χ4v) is 3.37. The lowest BCUT2D eigenvalue weighted by Gasteiger charge is -2.19. The van der Waals surface area contributed by atoms with Gasteiger partial charge in [0.05, 0.1) is 6.10 Å². The highest BCUT2D eigenvalue weighted by Gasteiger charge is 2.16. The first-order chi connectivity index (χ1) is 13.0. The Morgan fingerprint density at radius 3 is 2.48 bits per heavy atom. The van der Waals surface area contributed by atoms with E-state index in [-0.39, 0.29) is 12.0 Å². The third kappa shape index (κ3) is 5.49. The van der Waals surface area contributed by atoms with Crippen LogP contribution in [0.15, 0.2) is 42.5 Å². The molecule has 0 aliphatic heterocycles. The predicted molar refractivity (Wildman–Crippen MR) is 107 cm³/mol. The number of aryl methyl sites for hydroxylation is 2. The van der Waals surface area contributed by atoms with Crippen LogP contribution in [0, 0.1) is 0 Å². The maximum atomic E-state index is 12.4. The summed E-state index contributed by atoms with van der Waals surface area (Å²) in [5.41, 5.74) is 3.77. The van der Waals surface area contributed by atoms with Crippen molar-refractivity contribution in [2.24, 2.45) is 0 Å². The van der Waals surface area contributed by atoms with E-state index in [0.29, 0.717) is 6.54 Å². The zero-order valence-electron chi connectivity index (χ0n) is 16.5. The first-order valence-corrected chi connectivity index (χ1v) is 9.83. The molecule has 0 aromatic heterocycles. The van der Waals surface area contributed by atoms with E-state index in [2.05, 4.69) is 17.4 Å². The molecule has 2 aromatic rings. The van der Waals surface area contributed by atoms with Crippen molar-refractivity contribution in [3.63, 3.8) is 0 Å². The summed E-state index contributed by atoms with van der Waals surface area (Å²) >= 11 is 0. The maximum Gasteiger partial charge on any atom is 0.261 e. The van der Waals surface area contributed by atoms with Gasteiger partial charge in [-0.3, -0.25) is 4.79 Å². The van der Waals surface area contributed by atoms with Crippen molar-refractivity contribution in [3.8, 4) is 11.5 Å². The number of rotatable bonds is 7. The number of ether oxygens (including phenoxy) is 2. The molecule has 0 heterocycles. The number of amides is 1. The molecule has 0 bridgehead atoms. The van der Waals surface area contributed by atoms with Crippen molar-refractivity contribution in [1.82, 2.24) is 5.32 Å². The topological polar surface area (TPSA) is 47.6 Å². The van der Waals surface area contributed by atoms with Gasteiger partial charge in [0.1, 0.15) is 11.5 Å². The van der Waals surface area contributed by atoms with Crippen molar-refractivity contribution in [1.29, 1.82) is 0 Å². The molecule has 0 saturated carbocycles. The Kier molecular flexibility index (Phi) is 6.38. The monoisotopic (exact) mass is 367 g/mol. The molecule has 1 amide bonds. The van der Waals surface area contributed by atoms with Crippen molar-refractivity contribution in [3.05, 3.63) is 59.2 Å². The minimum atomic E-state index is -0.540. The van der Waals surface area contributed by atoms with E-state index in [1.165, 1.54) is 24.0 Å². The lowest BCUT2D eigenvalue weighted by Crippen LogP contribution is -2.35. The van der Waals surface area contributed by atoms with Gasteiger partial charge in [-0.1, -0.05) is 18.2 Å². The number of carbonyl (C=O) groups is 1. The molecule has 0 spiro atoms. The number of fused-ring (bicyclic) bond motifs is 1. The van der Waals surface area contributed by atoms with E-state index in [1.54, 1.807) is 6.92 Å². The van der Waals surface area contributed by atoms with E-state index in [0.717, 1.165) is 29.9 Å². The molecule has 4 nitrogen and oxygen atoms in total. The van der Waals surface area contributed by atoms with Crippen LogP contribution in [0.3, 0.4) is 0 Å². The summed E-state index contributed by atoms with van der Waals surface area (Å²) in [6, 6.07) is 14.0.